The average Bonchev–Trinajstić information content (AvgIpc) is 3.31. The van der Waals surface area contributed by atoms with Crippen LogP contribution in [0.5, 0.6) is 0 Å². The van der Waals surface area contributed by atoms with Gasteiger partial charge in [-0.2, -0.15) is 5.10 Å². The normalized spacial score (nSPS) is 11.7. The highest BCUT2D eigenvalue weighted by molar-refractivity contribution is 6.04. The summed E-state index contributed by atoms with van der Waals surface area (Å²) in [4.78, 5) is 9.68. The van der Waals surface area contributed by atoms with Crippen molar-refractivity contribution in [3.8, 4) is 11.1 Å². The number of nitrogens with two attached hydrogens (primary N) is 4. The van der Waals surface area contributed by atoms with Gasteiger partial charge < -0.3 is 21.6 Å². The van der Waals surface area contributed by atoms with E-state index in [1.807, 2.05) is 49.4 Å². The van der Waals surface area contributed by atoms with Gasteiger partial charge in [0.1, 0.15) is 11.3 Å². The number of nitrogen functional groups attached to an aromatic ring is 1. The Morgan fingerprint density at radius 3 is 2.42 bits per heavy atom. The number of rotatable bonds is 7. The standard InChI is InChI=1S/C30H34N10/c1-4-27-36-28-18(2)15-19(3)35-30(28)39(27)17-20-9-11-21(12-10-20)24-16-22(13-14-23(24)29(37-32)38-33)40(34)26-8-6-5-7-25(26)31/h5-16H,4,17,31-34H2,1-3H3,(H,37,38). The van der Waals surface area contributed by atoms with Crippen LogP contribution in [-0.2, 0) is 13.0 Å². The van der Waals surface area contributed by atoms with Crippen molar-refractivity contribution in [3.63, 3.8) is 0 Å². The summed E-state index contributed by atoms with van der Waals surface area (Å²) in [6, 6.07) is 23.6. The fraction of sp³-hybridized carbons (Fsp3) is 0.167. The predicted octanol–water partition coefficient (Wildman–Crippen LogP) is 4.00. The summed E-state index contributed by atoms with van der Waals surface area (Å²) in [5, 5.41) is 5.39. The van der Waals surface area contributed by atoms with E-state index >= 15 is 0 Å². The molecule has 0 aliphatic rings. The van der Waals surface area contributed by atoms with E-state index in [1.165, 1.54) is 0 Å². The molecule has 0 aliphatic heterocycles. The van der Waals surface area contributed by atoms with Crippen LogP contribution in [0.25, 0.3) is 22.3 Å². The molecule has 10 heteroatoms. The van der Waals surface area contributed by atoms with Crippen LogP contribution in [0.15, 0.2) is 77.9 Å². The highest BCUT2D eigenvalue weighted by Gasteiger charge is 2.17. The number of hydrazone groups is 1. The van der Waals surface area contributed by atoms with Gasteiger partial charge in [-0.05, 0) is 72.5 Å². The number of aromatic nitrogens is 3. The second-order valence-electron chi connectivity index (χ2n) is 9.70. The minimum Gasteiger partial charge on any atom is -0.397 e. The molecule has 0 amide bonds. The molecule has 10 nitrogen and oxygen atoms in total. The third kappa shape index (κ3) is 4.93. The Bertz CT molecular complexity index is 1700. The number of aryl methyl sites for hydroxylation is 3. The van der Waals surface area contributed by atoms with Gasteiger partial charge in [-0.3, -0.25) is 5.01 Å². The molecule has 0 spiro atoms. The van der Waals surface area contributed by atoms with Gasteiger partial charge >= 0.3 is 0 Å². The Morgan fingerprint density at radius 1 is 1.00 bits per heavy atom. The van der Waals surface area contributed by atoms with Crippen LogP contribution in [0.2, 0.25) is 0 Å². The fourth-order valence-corrected chi connectivity index (χ4v) is 5.01. The fourth-order valence-electron chi connectivity index (χ4n) is 5.01. The Morgan fingerprint density at radius 2 is 1.75 bits per heavy atom. The number of para-hydroxylation sites is 2. The third-order valence-corrected chi connectivity index (χ3v) is 7.02. The Hall–Kier alpha value is -4.93. The van der Waals surface area contributed by atoms with E-state index in [0.29, 0.717) is 23.8 Å². The molecule has 0 aliphatic carbocycles. The number of hydrazine groups is 2. The molecule has 3 aromatic carbocycles. The van der Waals surface area contributed by atoms with Crippen molar-refractivity contribution >= 4 is 34.1 Å². The maximum Gasteiger partial charge on any atom is 0.167 e. The summed E-state index contributed by atoms with van der Waals surface area (Å²) in [6.07, 6.45) is 0.817. The van der Waals surface area contributed by atoms with E-state index in [9.17, 15) is 0 Å². The summed E-state index contributed by atoms with van der Waals surface area (Å²) < 4.78 is 2.20. The number of benzene rings is 3. The molecule has 0 atom stereocenters. The Kier molecular flexibility index (Phi) is 7.37. The number of amidine groups is 1. The molecule has 0 unspecified atom stereocenters. The van der Waals surface area contributed by atoms with E-state index in [1.54, 1.807) is 5.01 Å². The van der Waals surface area contributed by atoms with Crippen molar-refractivity contribution in [2.24, 2.45) is 22.6 Å². The molecule has 5 rings (SSSR count). The van der Waals surface area contributed by atoms with Crippen LogP contribution < -0.4 is 33.7 Å². The first-order valence-electron chi connectivity index (χ1n) is 13.1. The number of hydrogen-bond donors (Lipinski definition) is 5. The number of fused-ring (bicyclic) bond motifs is 1. The van der Waals surface area contributed by atoms with Crippen molar-refractivity contribution in [3.05, 3.63) is 101 Å². The van der Waals surface area contributed by atoms with E-state index in [-0.39, 0.29) is 0 Å². The molecule has 0 saturated carbocycles. The molecule has 0 radical (unpaired) electrons. The van der Waals surface area contributed by atoms with Crippen molar-refractivity contribution in [1.82, 2.24) is 20.0 Å². The lowest BCUT2D eigenvalue weighted by Gasteiger charge is -2.22. The van der Waals surface area contributed by atoms with Crippen LogP contribution in [0.3, 0.4) is 0 Å². The minimum atomic E-state index is 0.350. The smallest absolute Gasteiger partial charge is 0.167 e. The maximum absolute atomic E-state index is 6.49. The van der Waals surface area contributed by atoms with Crippen LogP contribution in [-0.4, -0.2) is 20.4 Å². The zero-order chi connectivity index (χ0) is 28.4. The van der Waals surface area contributed by atoms with Crippen molar-refractivity contribution in [2.45, 2.75) is 33.7 Å². The van der Waals surface area contributed by atoms with Gasteiger partial charge in [0.2, 0.25) is 0 Å². The molecule has 0 bridgehead atoms. The van der Waals surface area contributed by atoms with Gasteiger partial charge in [0, 0.05) is 17.7 Å². The van der Waals surface area contributed by atoms with Crippen molar-refractivity contribution in [1.29, 1.82) is 0 Å². The summed E-state index contributed by atoms with van der Waals surface area (Å²) in [5.41, 5.74) is 18.4. The summed E-state index contributed by atoms with van der Waals surface area (Å²) >= 11 is 0. The van der Waals surface area contributed by atoms with Gasteiger partial charge in [-0.15, -0.1) is 0 Å². The number of anilines is 3. The van der Waals surface area contributed by atoms with Gasteiger partial charge in [-0.1, -0.05) is 43.3 Å². The number of imidazole rings is 1. The lowest BCUT2D eigenvalue weighted by atomic mass is 9.97. The number of pyridine rings is 1. The van der Waals surface area contributed by atoms with Gasteiger partial charge in [-0.25, -0.2) is 21.7 Å². The lowest BCUT2D eigenvalue weighted by Crippen LogP contribution is -2.32. The van der Waals surface area contributed by atoms with Gasteiger partial charge in [0.15, 0.2) is 11.5 Å². The van der Waals surface area contributed by atoms with E-state index in [2.05, 4.69) is 59.3 Å². The third-order valence-electron chi connectivity index (χ3n) is 7.02. The number of hydrogen-bond acceptors (Lipinski definition) is 8. The topological polar surface area (TPSA) is 162 Å². The van der Waals surface area contributed by atoms with Gasteiger partial charge in [0.25, 0.3) is 0 Å². The Balaban J connectivity index is 1.54. The monoisotopic (exact) mass is 534 g/mol. The molecular formula is C30H34N10. The van der Waals surface area contributed by atoms with Crippen molar-refractivity contribution in [2.75, 3.05) is 10.7 Å². The van der Waals surface area contributed by atoms with E-state index in [4.69, 9.17) is 33.2 Å². The summed E-state index contributed by atoms with van der Waals surface area (Å²) in [6.45, 7) is 6.87. The highest BCUT2D eigenvalue weighted by atomic mass is 15.4. The predicted molar refractivity (Wildman–Crippen MR) is 163 cm³/mol. The van der Waals surface area contributed by atoms with E-state index in [0.717, 1.165) is 62.6 Å². The van der Waals surface area contributed by atoms with Crippen LogP contribution >= 0.6 is 0 Å². The first-order valence-corrected chi connectivity index (χ1v) is 13.1. The minimum absolute atomic E-state index is 0.350. The largest absolute Gasteiger partial charge is 0.397 e. The SMILES string of the molecule is CCc1nc2c(C)cc(C)nc2n1Cc1ccc(-c2cc(N(N)c3ccccc3N)ccc2/C(=N/N)NN)cc1. The van der Waals surface area contributed by atoms with Gasteiger partial charge in [0.05, 0.1) is 23.6 Å². The second kappa shape index (κ2) is 11.0. The quantitative estimate of drug-likeness (QED) is 0.0688. The van der Waals surface area contributed by atoms with Crippen LogP contribution in [0, 0.1) is 13.8 Å². The zero-order valence-electron chi connectivity index (χ0n) is 22.9. The molecule has 204 valence electrons. The number of nitrogens with zero attached hydrogens (tertiary/aromatic N) is 5. The molecular weight excluding hydrogens is 500 g/mol. The second-order valence-corrected chi connectivity index (χ2v) is 9.70. The molecule has 2 heterocycles. The first-order chi connectivity index (χ1) is 19.3. The van der Waals surface area contributed by atoms with Crippen LogP contribution in [0.4, 0.5) is 17.1 Å². The zero-order valence-corrected chi connectivity index (χ0v) is 22.9. The Labute approximate surface area is 233 Å². The maximum atomic E-state index is 6.49. The molecule has 9 N–H and O–H groups in total. The molecule has 0 saturated heterocycles. The molecule has 2 aromatic heterocycles. The summed E-state index contributed by atoms with van der Waals surface area (Å²) in [7, 11) is 0. The first kappa shape index (κ1) is 26.7. The highest BCUT2D eigenvalue weighted by Crippen LogP contribution is 2.33. The number of nitrogens with one attached hydrogen (secondary N) is 1. The molecule has 40 heavy (non-hydrogen) atoms. The van der Waals surface area contributed by atoms with Crippen molar-refractivity contribution < 1.29 is 0 Å². The average molecular weight is 535 g/mol. The lowest BCUT2D eigenvalue weighted by molar-refractivity contribution is 0.745. The summed E-state index contributed by atoms with van der Waals surface area (Å²) in [5.74, 6) is 19.2. The molecule has 5 aromatic rings. The van der Waals surface area contributed by atoms with Crippen LogP contribution in [0.1, 0.15) is 35.1 Å². The van der Waals surface area contributed by atoms with E-state index < -0.39 is 0 Å². The molecule has 0 fully saturated rings.